The Hall–Kier alpha value is -1.99. The molecule has 0 saturated carbocycles. The fraction of sp³-hybridized carbons (Fsp3) is 0.550. The number of hydrogen-bond acceptors (Lipinski definition) is 6. The Bertz CT molecular complexity index is 966. The number of thiophene rings is 1. The van der Waals surface area contributed by atoms with Crippen molar-refractivity contribution in [1.29, 1.82) is 0 Å². The van der Waals surface area contributed by atoms with Gasteiger partial charge >= 0.3 is 0 Å². The van der Waals surface area contributed by atoms with E-state index in [2.05, 4.69) is 43.8 Å². The Morgan fingerprint density at radius 2 is 1.89 bits per heavy atom. The molecule has 5 rings (SSSR count). The first kappa shape index (κ1) is 17.1. The van der Waals surface area contributed by atoms with Crippen molar-refractivity contribution in [2.75, 3.05) is 31.1 Å². The third-order valence-electron chi connectivity index (χ3n) is 6.01. The lowest BCUT2D eigenvalue weighted by Crippen LogP contribution is -2.46. The monoisotopic (exact) mass is 382 g/mol. The van der Waals surface area contributed by atoms with Gasteiger partial charge in [-0.3, -0.25) is 9.58 Å². The SMILES string of the molecule is Cc1csc2c(N3CCN(Cc4nn(C)c5c4CCCC5)CC3)ncnc12. The van der Waals surface area contributed by atoms with E-state index in [0.29, 0.717) is 0 Å². The van der Waals surface area contributed by atoms with Gasteiger partial charge in [0.05, 0.1) is 15.9 Å². The summed E-state index contributed by atoms with van der Waals surface area (Å²) in [5.74, 6) is 1.10. The number of rotatable bonds is 3. The molecule has 7 heteroatoms. The van der Waals surface area contributed by atoms with Crippen molar-refractivity contribution in [1.82, 2.24) is 24.6 Å². The first-order chi connectivity index (χ1) is 13.2. The zero-order valence-corrected chi connectivity index (χ0v) is 16.9. The standard InChI is InChI=1S/C20H26N6S/c1-14-12-27-19-18(14)21-13-22-20(19)26-9-7-25(8-10-26)11-16-15-5-3-4-6-17(15)24(2)23-16/h12-13H,3-11H2,1-2H3. The molecule has 6 nitrogen and oxygen atoms in total. The highest BCUT2D eigenvalue weighted by molar-refractivity contribution is 7.18. The van der Waals surface area contributed by atoms with Crippen molar-refractivity contribution >= 4 is 27.4 Å². The molecule has 27 heavy (non-hydrogen) atoms. The molecule has 1 aliphatic heterocycles. The van der Waals surface area contributed by atoms with Crippen molar-refractivity contribution in [2.24, 2.45) is 7.05 Å². The second-order valence-electron chi connectivity index (χ2n) is 7.76. The lowest BCUT2D eigenvalue weighted by Gasteiger charge is -2.35. The number of aryl methyl sites for hydroxylation is 2. The van der Waals surface area contributed by atoms with Crippen LogP contribution in [0.2, 0.25) is 0 Å². The minimum absolute atomic E-state index is 0.980. The van der Waals surface area contributed by atoms with Crippen molar-refractivity contribution in [2.45, 2.75) is 39.2 Å². The number of piperazine rings is 1. The Morgan fingerprint density at radius 1 is 1.07 bits per heavy atom. The summed E-state index contributed by atoms with van der Waals surface area (Å²) in [4.78, 5) is 14.0. The number of anilines is 1. The van der Waals surface area contributed by atoms with Gasteiger partial charge in [-0.05, 0) is 49.1 Å². The van der Waals surface area contributed by atoms with Gasteiger partial charge in [-0.25, -0.2) is 9.97 Å². The zero-order chi connectivity index (χ0) is 18.4. The summed E-state index contributed by atoms with van der Waals surface area (Å²) in [6.45, 7) is 7.24. The summed E-state index contributed by atoms with van der Waals surface area (Å²) in [5.41, 5.74) is 6.65. The van der Waals surface area contributed by atoms with Crippen molar-refractivity contribution in [3.05, 3.63) is 34.2 Å². The van der Waals surface area contributed by atoms with Gasteiger partial charge in [0.2, 0.25) is 0 Å². The highest BCUT2D eigenvalue weighted by atomic mass is 32.1. The Kier molecular flexibility index (Phi) is 4.36. The van der Waals surface area contributed by atoms with Crippen LogP contribution in [-0.2, 0) is 26.4 Å². The molecule has 0 amide bonds. The highest BCUT2D eigenvalue weighted by Gasteiger charge is 2.24. The average molecular weight is 383 g/mol. The second kappa shape index (κ2) is 6.87. The van der Waals surface area contributed by atoms with Crippen LogP contribution in [0.4, 0.5) is 5.82 Å². The average Bonchev–Trinajstić information content (AvgIpc) is 3.23. The molecule has 2 aliphatic rings. The normalized spacial score (nSPS) is 18.2. The van der Waals surface area contributed by atoms with Crippen molar-refractivity contribution in [3.8, 4) is 0 Å². The van der Waals surface area contributed by atoms with Gasteiger partial charge in [0.25, 0.3) is 0 Å². The fourth-order valence-corrected chi connectivity index (χ4v) is 5.52. The van der Waals surface area contributed by atoms with Gasteiger partial charge in [-0.1, -0.05) is 0 Å². The van der Waals surface area contributed by atoms with E-state index in [4.69, 9.17) is 5.10 Å². The summed E-state index contributed by atoms with van der Waals surface area (Å²) < 4.78 is 3.35. The summed E-state index contributed by atoms with van der Waals surface area (Å²) in [6.07, 6.45) is 6.72. The molecule has 0 radical (unpaired) electrons. The lowest BCUT2D eigenvalue weighted by atomic mass is 9.95. The third kappa shape index (κ3) is 3.02. The van der Waals surface area contributed by atoms with Crippen LogP contribution in [-0.4, -0.2) is 50.8 Å². The maximum absolute atomic E-state index is 4.85. The molecule has 0 spiro atoms. The molecule has 4 heterocycles. The maximum Gasteiger partial charge on any atom is 0.150 e. The van der Waals surface area contributed by atoms with Crippen LogP contribution in [0.25, 0.3) is 10.2 Å². The van der Waals surface area contributed by atoms with Crippen LogP contribution in [0, 0.1) is 6.92 Å². The minimum atomic E-state index is 0.980. The molecule has 0 bridgehead atoms. The first-order valence-electron chi connectivity index (χ1n) is 9.90. The summed E-state index contributed by atoms with van der Waals surface area (Å²) in [6, 6.07) is 0. The molecule has 1 saturated heterocycles. The molecule has 3 aromatic rings. The molecule has 0 aromatic carbocycles. The minimum Gasteiger partial charge on any atom is -0.353 e. The molecule has 0 unspecified atom stereocenters. The highest BCUT2D eigenvalue weighted by Crippen LogP contribution is 2.31. The maximum atomic E-state index is 4.85. The van der Waals surface area contributed by atoms with E-state index in [1.165, 1.54) is 52.9 Å². The molecule has 1 fully saturated rings. The predicted octanol–water partition coefficient (Wildman–Crippen LogP) is 2.93. The topological polar surface area (TPSA) is 50.1 Å². The first-order valence-corrected chi connectivity index (χ1v) is 10.8. The number of fused-ring (bicyclic) bond motifs is 2. The quantitative estimate of drug-likeness (QED) is 0.697. The van der Waals surface area contributed by atoms with E-state index in [0.717, 1.165) is 44.1 Å². The van der Waals surface area contributed by atoms with Crippen molar-refractivity contribution in [3.63, 3.8) is 0 Å². The molecule has 3 aromatic heterocycles. The van der Waals surface area contributed by atoms with Gasteiger partial charge in [-0.2, -0.15) is 5.10 Å². The van der Waals surface area contributed by atoms with Gasteiger partial charge in [0, 0.05) is 45.5 Å². The smallest absolute Gasteiger partial charge is 0.150 e. The zero-order valence-electron chi connectivity index (χ0n) is 16.1. The van der Waals surface area contributed by atoms with Crippen LogP contribution >= 0.6 is 11.3 Å². The van der Waals surface area contributed by atoms with Crippen LogP contribution < -0.4 is 4.90 Å². The third-order valence-corrected chi connectivity index (χ3v) is 7.09. The fourth-order valence-electron chi connectivity index (χ4n) is 4.50. The molecule has 142 valence electrons. The molecular weight excluding hydrogens is 356 g/mol. The van der Waals surface area contributed by atoms with Gasteiger partial charge in [0.15, 0.2) is 0 Å². The number of hydrogen-bond donors (Lipinski definition) is 0. The number of nitrogens with zero attached hydrogens (tertiary/aromatic N) is 6. The molecular formula is C20H26N6S. The van der Waals surface area contributed by atoms with E-state index in [-0.39, 0.29) is 0 Å². The van der Waals surface area contributed by atoms with E-state index in [1.807, 2.05) is 0 Å². The lowest BCUT2D eigenvalue weighted by molar-refractivity contribution is 0.245. The van der Waals surface area contributed by atoms with Gasteiger partial charge in [-0.15, -0.1) is 11.3 Å². The van der Waals surface area contributed by atoms with Gasteiger partial charge in [0.1, 0.15) is 12.1 Å². The predicted molar refractivity (Wildman–Crippen MR) is 109 cm³/mol. The van der Waals surface area contributed by atoms with Crippen LogP contribution in [0.15, 0.2) is 11.7 Å². The molecule has 0 atom stereocenters. The summed E-state index contributed by atoms with van der Waals surface area (Å²) in [7, 11) is 2.11. The molecule has 1 aliphatic carbocycles. The largest absolute Gasteiger partial charge is 0.353 e. The van der Waals surface area contributed by atoms with Crippen molar-refractivity contribution < 1.29 is 0 Å². The Morgan fingerprint density at radius 3 is 2.74 bits per heavy atom. The van der Waals surface area contributed by atoms with Crippen LogP contribution in [0.1, 0.15) is 35.4 Å². The summed E-state index contributed by atoms with van der Waals surface area (Å²) in [5, 5.41) is 7.03. The van der Waals surface area contributed by atoms with E-state index in [9.17, 15) is 0 Å². The Labute approximate surface area is 163 Å². The Balaban J connectivity index is 1.29. The van der Waals surface area contributed by atoms with E-state index >= 15 is 0 Å². The summed E-state index contributed by atoms with van der Waals surface area (Å²) >= 11 is 1.76. The van der Waals surface area contributed by atoms with E-state index in [1.54, 1.807) is 17.7 Å². The van der Waals surface area contributed by atoms with E-state index < -0.39 is 0 Å². The molecule has 0 N–H and O–H groups in total. The van der Waals surface area contributed by atoms with Gasteiger partial charge < -0.3 is 4.90 Å². The van der Waals surface area contributed by atoms with Crippen LogP contribution in [0.5, 0.6) is 0 Å². The number of aromatic nitrogens is 4. The second-order valence-corrected chi connectivity index (χ2v) is 8.64. The van der Waals surface area contributed by atoms with Crippen LogP contribution in [0.3, 0.4) is 0 Å².